The van der Waals surface area contributed by atoms with E-state index < -0.39 is 6.10 Å². The van der Waals surface area contributed by atoms with E-state index in [2.05, 4.69) is 0 Å². The lowest BCUT2D eigenvalue weighted by Gasteiger charge is -2.20. The maximum absolute atomic E-state index is 10.1. The van der Waals surface area contributed by atoms with Gasteiger partial charge in [0.1, 0.15) is 40.6 Å². The fraction of sp³-hybridized carbons (Fsp3) is 0.0714. The Hall–Kier alpha value is -4.58. The molecular formula is C28H22O6. The number of rotatable bonds is 4. The molecule has 6 nitrogen and oxygen atoms in total. The second kappa shape index (κ2) is 8.41. The van der Waals surface area contributed by atoms with Crippen molar-refractivity contribution in [2.75, 3.05) is 0 Å². The number of phenolic OH excluding ortho intramolecular Hbond substituents is 5. The van der Waals surface area contributed by atoms with Crippen molar-refractivity contribution in [1.82, 2.24) is 0 Å². The van der Waals surface area contributed by atoms with E-state index in [0.717, 1.165) is 16.7 Å². The smallest absolute Gasteiger partial charge is 0.135 e. The van der Waals surface area contributed by atoms with Crippen molar-refractivity contribution in [2.24, 2.45) is 0 Å². The second-order valence-electron chi connectivity index (χ2n) is 8.30. The number of phenols is 5. The zero-order valence-electron chi connectivity index (χ0n) is 18.0. The van der Waals surface area contributed by atoms with Gasteiger partial charge >= 0.3 is 0 Å². The molecule has 1 aliphatic rings. The lowest BCUT2D eigenvalue weighted by molar-refractivity contribution is 0.222. The molecule has 0 saturated heterocycles. The molecular weight excluding hydrogens is 432 g/mol. The Kier molecular flexibility index (Phi) is 5.26. The third-order valence-electron chi connectivity index (χ3n) is 5.82. The Labute approximate surface area is 195 Å². The van der Waals surface area contributed by atoms with Crippen molar-refractivity contribution in [3.63, 3.8) is 0 Å². The molecule has 0 unspecified atom stereocenters. The summed E-state index contributed by atoms with van der Waals surface area (Å²) in [5.74, 6) is 0.357. The fourth-order valence-electron chi connectivity index (χ4n) is 4.37. The van der Waals surface area contributed by atoms with Gasteiger partial charge in [0.15, 0.2) is 0 Å². The van der Waals surface area contributed by atoms with Crippen LogP contribution in [0.15, 0.2) is 78.9 Å². The molecule has 4 aromatic rings. The predicted octanol–water partition coefficient (Wildman–Crippen LogP) is 5.65. The Bertz CT molecular complexity index is 1350. The zero-order chi connectivity index (χ0) is 23.8. The number of aromatic hydroxyl groups is 5. The van der Waals surface area contributed by atoms with Gasteiger partial charge in [-0.1, -0.05) is 30.4 Å². The fourth-order valence-corrected chi connectivity index (χ4v) is 4.37. The third-order valence-corrected chi connectivity index (χ3v) is 5.82. The largest absolute Gasteiger partial charge is 0.508 e. The summed E-state index contributed by atoms with van der Waals surface area (Å²) >= 11 is 0. The van der Waals surface area contributed by atoms with Gasteiger partial charge in [-0.05, 0) is 70.8 Å². The van der Waals surface area contributed by atoms with Gasteiger partial charge in [-0.3, -0.25) is 0 Å². The Balaban J connectivity index is 1.57. The molecule has 6 heteroatoms. The molecule has 34 heavy (non-hydrogen) atoms. The van der Waals surface area contributed by atoms with E-state index in [1.165, 1.54) is 12.1 Å². The first-order valence-corrected chi connectivity index (χ1v) is 10.7. The van der Waals surface area contributed by atoms with E-state index in [4.69, 9.17) is 4.74 Å². The summed E-state index contributed by atoms with van der Waals surface area (Å²) in [5.41, 5.74) is 3.92. The van der Waals surface area contributed by atoms with Gasteiger partial charge in [-0.25, -0.2) is 0 Å². The highest BCUT2D eigenvalue weighted by molar-refractivity contribution is 5.72. The molecule has 0 spiro atoms. The van der Waals surface area contributed by atoms with E-state index in [0.29, 0.717) is 16.9 Å². The predicted molar refractivity (Wildman–Crippen MR) is 128 cm³/mol. The van der Waals surface area contributed by atoms with Crippen molar-refractivity contribution in [3.05, 3.63) is 107 Å². The summed E-state index contributed by atoms with van der Waals surface area (Å²) in [6.07, 6.45) is 3.21. The molecule has 0 saturated carbocycles. The van der Waals surface area contributed by atoms with Crippen molar-refractivity contribution in [2.45, 2.75) is 12.0 Å². The number of benzene rings is 4. The number of fused-ring (bicyclic) bond motifs is 1. The highest BCUT2D eigenvalue weighted by Crippen LogP contribution is 2.51. The van der Waals surface area contributed by atoms with E-state index in [1.54, 1.807) is 54.6 Å². The summed E-state index contributed by atoms with van der Waals surface area (Å²) in [4.78, 5) is 0. The Morgan fingerprint density at radius 2 is 1.12 bits per heavy atom. The second-order valence-corrected chi connectivity index (χ2v) is 8.30. The first-order valence-electron chi connectivity index (χ1n) is 10.7. The van der Waals surface area contributed by atoms with Gasteiger partial charge in [0, 0.05) is 17.7 Å². The zero-order valence-corrected chi connectivity index (χ0v) is 18.0. The van der Waals surface area contributed by atoms with Crippen LogP contribution in [-0.4, -0.2) is 25.5 Å². The molecule has 0 aromatic heterocycles. The van der Waals surface area contributed by atoms with Crippen LogP contribution in [0.1, 0.15) is 39.8 Å². The topological polar surface area (TPSA) is 110 Å². The number of hydrogen-bond donors (Lipinski definition) is 5. The minimum absolute atomic E-state index is 0.0255. The van der Waals surface area contributed by atoms with Gasteiger partial charge < -0.3 is 30.3 Å². The summed E-state index contributed by atoms with van der Waals surface area (Å²) in [7, 11) is 0. The Morgan fingerprint density at radius 1 is 0.529 bits per heavy atom. The monoisotopic (exact) mass is 454 g/mol. The van der Waals surface area contributed by atoms with Crippen LogP contribution in [0.2, 0.25) is 0 Å². The van der Waals surface area contributed by atoms with Crippen molar-refractivity contribution >= 4 is 12.2 Å². The minimum atomic E-state index is -0.431. The maximum Gasteiger partial charge on any atom is 0.135 e. The van der Waals surface area contributed by atoms with Crippen molar-refractivity contribution in [1.29, 1.82) is 0 Å². The number of hydrogen-bond acceptors (Lipinski definition) is 6. The van der Waals surface area contributed by atoms with Gasteiger partial charge in [-0.15, -0.1) is 0 Å². The average Bonchev–Trinajstić information content (AvgIpc) is 3.15. The lowest BCUT2D eigenvalue weighted by Crippen LogP contribution is -2.11. The maximum atomic E-state index is 10.1. The standard InChI is InChI=1S/C28H22O6/c29-20-6-4-18(5-7-20)28-27(19-12-23(32)15-24(33)13-19)25-11-16(3-8-26(25)34-28)1-2-17-9-21(30)14-22(31)10-17/h1-15,27-33H/b2-1-/t27-,28+/m1/s1. The molecule has 5 rings (SSSR count). The molecule has 0 radical (unpaired) electrons. The molecule has 1 heterocycles. The van der Waals surface area contributed by atoms with Gasteiger partial charge in [0.05, 0.1) is 5.92 Å². The van der Waals surface area contributed by atoms with Crippen LogP contribution >= 0.6 is 0 Å². The molecule has 0 bridgehead atoms. The molecule has 0 amide bonds. The third kappa shape index (κ3) is 4.21. The van der Waals surface area contributed by atoms with Gasteiger partial charge in [-0.2, -0.15) is 0 Å². The van der Waals surface area contributed by atoms with Crippen LogP contribution in [-0.2, 0) is 0 Å². The molecule has 5 N–H and O–H groups in total. The molecule has 2 atom stereocenters. The highest BCUT2D eigenvalue weighted by Gasteiger charge is 2.37. The van der Waals surface area contributed by atoms with Gasteiger partial charge in [0.25, 0.3) is 0 Å². The van der Waals surface area contributed by atoms with Crippen LogP contribution < -0.4 is 4.74 Å². The molecule has 170 valence electrons. The summed E-state index contributed by atoms with van der Waals surface area (Å²) < 4.78 is 6.29. The highest BCUT2D eigenvalue weighted by atomic mass is 16.5. The van der Waals surface area contributed by atoms with Crippen LogP contribution in [0.5, 0.6) is 34.5 Å². The van der Waals surface area contributed by atoms with E-state index in [1.807, 2.05) is 24.3 Å². The number of ether oxygens (including phenoxy) is 1. The van der Waals surface area contributed by atoms with Crippen LogP contribution in [0.25, 0.3) is 12.2 Å². The minimum Gasteiger partial charge on any atom is -0.508 e. The van der Waals surface area contributed by atoms with Gasteiger partial charge in [0.2, 0.25) is 0 Å². The van der Waals surface area contributed by atoms with Crippen LogP contribution in [0.3, 0.4) is 0 Å². The molecule has 0 aliphatic carbocycles. The molecule has 0 fully saturated rings. The average molecular weight is 454 g/mol. The first kappa shape index (κ1) is 21.3. The first-order chi connectivity index (χ1) is 16.4. The van der Waals surface area contributed by atoms with E-state index in [-0.39, 0.29) is 34.7 Å². The summed E-state index contributed by atoms with van der Waals surface area (Å²) in [6, 6.07) is 21.4. The normalized spacial score (nSPS) is 16.9. The molecule has 1 aliphatic heterocycles. The lowest BCUT2D eigenvalue weighted by atomic mass is 9.84. The van der Waals surface area contributed by atoms with Crippen molar-refractivity contribution in [3.8, 4) is 34.5 Å². The SMILES string of the molecule is Oc1ccc([C@@H]2Oc3ccc(/C=C\c4cc(O)cc(O)c4)cc3[C@H]2c2cc(O)cc(O)c2)cc1. The summed E-state index contributed by atoms with van der Waals surface area (Å²) in [5, 5.41) is 49.4. The van der Waals surface area contributed by atoms with Crippen LogP contribution in [0.4, 0.5) is 0 Å². The summed E-state index contributed by atoms with van der Waals surface area (Å²) in [6.45, 7) is 0. The van der Waals surface area contributed by atoms with E-state index in [9.17, 15) is 25.5 Å². The van der Waals surface area contributed by atoms with E-state index >= 15 is 0 Å². The molecule has 4 aromatic carbocycles. The van der Waals surface area contributed by atoms with Crippen molar-refractivity contribution < 1.29 is 30.3 Å². The van der Waals surface area contributed by atoms with Crippen LogP contribution in [0, 0.1) is 0 Å². The Morgan fingerprint density at radius 3 is 1.76 bits per heavy atom. The quantitative estimate of drug-likeness (QED) is 0.255.